The summed E-state index contributed by atoms with van der Waals surface area (Å²) in [6, 6.07) is 12.5. The van der Waals surface area contributed by atoms with Gasteiger partial charge in [-0.2, -0.15) is 0 Å². The number of nitrogens with zero attached hydrogens (tertiary/aromatic N) is 3. The highest BCUT2D eigenvalue weighted by Gasteiger charge is 2.70. The van der Waals surface area contributed by atoms with Gasteiger partial charge in [0.05, 0.1) is 40.3 Å². The molecule has 2 aliphatic carbocycles. The van der Waals surface area contributed by atoms with Crippen LogP contribution in [0.5, 0.6) is 0 Å². The van der Waals surface area contributed by atoms with Gasteiger partial charge in [0.25, 0.3) is 5.69 Å². The highest BCUT2D eigenvalue weighted by Crippen LogP contribution is 2.62. The molecule has 178 valence electrons. The summed E-state index contributed by atoms with van der Waals surface area (Å²) in [5.41, 5.74) is 1.91. The van der Waals surface area contributed by atoms with Gasteiger partial charge in [0, 0.05) is 29.5 Å². The number of esters is 1. The van der Waals surface area contributed by atoms with E-state index in [1.165, 1.54) is 17.0 Å². The zero-order chi connectivity index (χ0) is 24.4. The summed E-state index contributed by atoms with van der Waals surface area (Å²) in [5.74, 6) is -2.48. The third kappa shape index (κ3) is 3.02. The minimum atomic E-state index is -0.496. The monoisotopic (exact) mass is 475 g/mol. The van der Waals surface area contributed by atoms with Gasteiger partial charge in [-0.25, -0.2) is 4.79 Å². The molecule has 2 aromatic rings. The normalized spacial score (nSPS) is 30.1. The van der Waals surface area contributed by atoms with E-state index < -0.39 is 22.7 Å². The maximum Gasteiger partial charge on any atom is 0.338 e. The Bertz CT molecular complexity index is 1300. The standard InChI is InChI=1S/C25H21N3O7/c1-2-34-25(31)12-6-8-14(9-7-12)27-23(29)18-16-11-17(19(18)24(27)30)22-20(16)21(26-35-22)13-4-3-5-15(10-13)28(32)33/h3-10,16-20,22H,2,11H2,1H3/t16-,17-,18-,19-,20-,22+/m0/s1. The van der Waals surface area contributed by atoms with Crippen LogP contribution >= 0.6 is 0 Å². The first kappa shape index (κ1) is 21.5. The fraction of sp³-hybridized carbons (Fsp3) is 0.360. The Labute approximate surface area is 199 Å². The topological polar surface area (TPSA) is 128 Å². The molecule has 2 aliphatic heterocycles. The molecule has 4 aliphatic rings. The van der Waals surface area contributed by atoms with Gasteiger partial charge in [-0.05, 0) is 43.5 Å². The minimum absolute atomic E-state index is 0.0424. The van der Waals surface area contributed by atoms with Gasteiger partial charge in [0.2, 0.25) is 11.8 Å². The quantitative estimate of drug-likeness (QED) is 0.281. The molecule has 0 aromatic heterocycles. The third-order valence-corrected chi connectivity index (χ3v) is 7.68. The number of hydrogen-bond donors (Lipinski definition) is 0. The molecule has 10 nitrogen and oxygen atoms in total. The molecular formula is C25H21N3O7. The molecule has 6 atom stereocenters. The van der Waals surface area contributed by atoms with Crippen molar-refractivity contribution >= 4 is 34.9 Å². The Morgan fingerprint density at radius 3 is 2.51 bits per heavy atom. The van der Waals surface area contributed by atoms with Gasteiger partial charge in [-0.1, -0.05) is 17.3 Å². The van der Waals surface area contributed by atoms with Crippen molar-refractivity contribution in [3.8, 4) is 0 Å². The van der Waals surface area contributed by atoms with Crippen molar-refractivity contribution in [2.24, 2.45) is 34.7 Å². The molecule has 1 saturated heterocycles. The molecule has 2 aromatic carbocycles. The van der Waals surface area contributed by atoms with Crippen molar-refractivity contribution in [1.82, 2.24) is 0 Å². The summed E-state index contributed by atoms with van der Waals surface area (Å²) in [5, 5.41) is 15.5. The second kappa shape index (κ2) is 7.72. The van der Waals surface area contributed by atoms with E-state index in [4.69, 9.17) is 9.57 Å². The summed E-state index contributed by atoms with van der Waals surface area (Å²) in [4.78, 5) is 56.6. The van der Waals surface area contributed by atoms with Crippen molar-refractivity contribution in [2.45, 2.75) is 19.4 Å². The number of benzene rings is 2. The number of carbonyl (C=O) groups is 3. The van der Waals surface area contributed by atoms with Crippen LogP contribution in [0.25, 0.3) is 0 Å². The maximum atomic E-state index is 13.5. The zero-order valence-electron chi connectivity index (χ0n) is 18.7. The van der Waals surface area contributed by atoms with Crippen LogP contribution in [0.2, 0.25) is 0 Å². The van der Waals surface area contributed by atoms with Gasteiger partial charge in [-0.3, -0.25) is 24.6 Å². The summed E-state index contributed by atoms with van der Waals surface area (Å²) < 4.78 is 4.99. The number of rotatable bonds is 5. The average Bonchev–Trinajstić information content (AvgIpc) is 3.60. The number of nitro groups is 1. The fourth-order valence-corrected chi connectivity index (χ4v) is 6.36. The first-order valence-electron chi connectivity index (χ1n) is 11.5. The number of nitro benzene ring substituents is 1. The average molecular weight is 475 g/mol. The first-order chi connectivity index (χ1) is 16.9. The number of carbonyl (C=O) groups excluding carboxylic acids is 3. The van der Waals surface area contributed by atoms with Gasteiger partial charge < -0.3 is 9.57 Å². The lowest BCUT2D eigenvalue weighted by atomic mass is 9.71. The van der Waals surface area contributed by atoms with Crippen molar-refractivity contribution in [2.75, 3.05) is 11.5 Å². The Morgan fingerprint density at radius 2 is 1.83 bits per heavy atom. The van der Waals surface area contributed by atoms with Crippen LogP contribution in [0.4, 0.5) is 11.4 Å². The molecule has 6 rings (SSSR count). The van der Waals surface area contributed by atoms with Crippen LogP contribution in [0.15, 0.2) is 53.7 Å². The van der Waals surface area contributed by atoms with E-state index in [1.54, 1.807) is 43.3 Å². The smallest absolute Gasteiger partial charge is 0.338 e. The lowest BCUT2D eigenvalue weighted by molar-refractivity contribution is -0.384. The molecule has 2 amide bonds. The van der Waals surface area contributed by atoms with E-state index in [-0.39, 0.29) is 48.0 Å². The predicted molar refractivity (Wildman–Crippen MR) is 121 cm³/mol. The Kier molecular flexibility index (Phi) is 4.73. The Hall–Kier alpha value is -4.08. The van der Waals surface area contributed by atoms with Crippen molar-refractivity contribution < 1.29 is 28.9 Å². The summed E-state index contributed by atoms with van der Waals surface area (Å²) >= 11 is 0. The highest BCUT2D eigenvalue weighted by molar-refractivity contribution is 6.23. The maximum absolute atomic E-state index is 13.5. The van der Waals surface area contributed by atoms with E-state index in [9.17, 15) is 24.5 Å². The van der Waals surface area contributed by atoms with Crippen molar-refractivity contribution in [3.05, 3.63) is 69.8 Å². The SMILES string of the molecule is CCOC(=O)c1ccc(N2C(=O)[C@H]3[C@@H]4C[C@H]([C@H]5C(c6cccc([N+](=O)[O-])c6)=NO[C@H]45)[C@@H]3C2=O)cc1. The zero-order valence-corrected chi connectivity index (χ0v) is 18.7. The van der Waals surface area contributed by atoms with Crippen LogP contribution in [0.1, 0.15) is 29.3 Å². The second-order valence-corrected chi connectivity index (χ2v) is 9.27. The third-order valence-electron chi connectivity index (χ3n) is 7.68. The van der Waals surface area contributed by atoms with E-state index in [0.29, 0.717) is 28.9 Å². The van der Waals surface area contributed by atoms with Crippen molar-refractivity contribution in [3.63, 3.8) is 0 Å². The molecule has 10 heteroatoms. The number of imide groups is 1. The van der Waals surface area contributed by atoms with E-state index in [1.807, 2.05) is 0 Å². The number of non-ortho nitro benzene ring substituents is 1. The van der Waals surface area contributed by atoms with Gasteiger partial charge in [0.15, 0.2) is 0 Å². The molecular weight excluding hydrogens is 454 g/mol. The second-order valence-electron chi connectivity index (χ2n) is 9.27. The van der Waals surface area contributed by atoms with Crippen LogP contribution in [0.3, 0.4) is 0 Å². The molecule has 2 bridgehead atoms. The lowest BCUT2D eigenvalue weighted by Gasteiger charge is -2.29. The van der Waals surface area contributed by atoms with E-state index in [2.05, 4.69) is 5.16 Å². The minimum Gasteiger partial charge on any atom is -0.462 e. The van der Waals surface area contributed by atoms with Crippen molar-refractivity contribution in [1.29, 1.82) is 0 Å². The predicted octanol–water partition coefficient (Wildman–Crippen LogP) is 2.95. The number of oxime groups is 1. The molecule has 0 spiro atoms. The van der Waals surface area contributed by atoms with Gasteiger partial charge in [-0.15, -0.1) is 0 Å². The Morgan fingerprint density at radius 1 is 1.11 bits per heavy atom. The van der Waals surface area contributed by atoms with Gasteiger partial charge >= 0.3 is 5.97 Å². The summed E-state index contributed by atoms with van der Waals surface area (Å²) in [6.07, 6.45) is 0.338. The van der Waals surface area contributed by atoms with Crippen LogP contribution in [-0.4, -0.2) is 41.1 Å². The van der Waals surface area contributed by atoms with Crippen LogP contribution in [-0.2, 0) is 19.2 Å². The summed E-state index contributed by atoms with van der Waals surface area (Å²) in [6.45, 7) is 1.97. The molecule has 2 saturated carbocycles. The Balaban J connectivity index is 1.28. The largest absolute Gasteiger partial charge is 0.462 e. The number of amides is 2. The number of anilines is 1. The number of ether oxygens (including phenoxy) is 1. The molecule has 0 radical (unpaired) electrons. The summed E-state index contributed by atoms with van der Waals surface area (Å²) in [7, 11) is 0. The number of hydrogen-bond acceptors (Lipinski definition) is 8. The van der Waals surface area contributed by atoms with E-state index in [0.717, 1.165) is 0 Å². The van der Waals surface area contributed by atoms with E-state index >= 15 is 0 Å². The molecule has 0 N–H and O–H groups in total. The number of fused-ring (bicyclic) bond motifs is 8. The fourth-order valence-electron chi connectivity index (χ4n) is 6.36. The highest BCUT2D eigenvalue weighted by atomic mass is 16.6. The van der Waals surface area contributed by atoms with Crippen LogP contribution in [0, 0.1) is 39.7 Å². The van der Waals surface area contributed by atoms with Gasteiger partial charge in [0.1, 0.15) is 6.10 Å². The lowest BCUT2D eigenvalue weighted by Crippen LogP contribution is -2.41. The molecule has 0 unspecified atom stereocenters. The molecule has 2 heterocycles. The molecule has 35 heavy (non-hydrogen) atoms. The molecule has 3 fully saturated rings. The van der Waals surface area contributed by atoms with Crippen LogP contribution < -0.4 is 4.90 Å². The first-order valence-corrected chi connectivity index (χ1v) is 11.5.